The summed E-state index contributed by atoms with van der Waals surface area (Å²) in [5.41, 5.74) is 1.42. The van der Waals surface area contributed by atoms with Gasteiger partial charge in [-0.15, -0.1) is 11.3 Å². The summed E-state index contributed by atoms with van der Waals surface area (Å²) in [5.74, 6) is 1.01. The summed E-state index contributed by atoms with van der Waals surface area (Å²) >= 11 is 1.55. The van der Waals surface area contributed by atoms with Gasteiger partial charge in [-0.1, -0.05) is 0 Å². The molecule has 0 saturated carbocycles. The van der Waals surface area contributed by atoms with Crippen molar-refractivity contribution in [2.24, 2.45) is 0 Å². The molecule has 0 bridgehead atoms. The Hall–Kier alpha value is -2.34. The summed E-state index contributed by atoms with van der Waals surface area (Å²) in [7, 11) is 1.56. The first kappa shape index (κ1) is 16.0. The van der Waals surface area contributed by atoms with Crippen LogP contribution in [0.15, 0.2) is 29.7 Å². The molecule has 2 rings (SSSR count). The number of hydrogen-bond donors (Lipinski definition) is 1. The largest absolute Gasteiger partial charge is 0.493 e. The highest BCUT2D eigenvalue weighted by Crippen LogP contribution is 2.30. The average molecular weight is 318 g/mol. The number of aromatic nitrogens is 1. The SMILES string of the molecule is CCOc1ccc(NC(=O)/C=C/c2csc(C)n2)cc1OC. The molecule has 1 N–H and O–H groups in total. The first-order valence-corrected chi connectivity index (χ1v) is 7.72. The van der Waals surface area contributed by atoms with Gasteiger partial charge >= 0.3 is 0 Å². The van der Waals surface area contributed by atoms with E-state index in [0.29, 0.717) is 23.8 Å². The molecule has 0 aliphatic rings. The highest BCUT2D eigenvalue weighted by Gasteiger charge is 2.06. The minimum Gasteiger partial charge on any atom is -0.493 e. The number of aryl methyl sites for hydroxylation is 1. The van der Waals surface area contributed by atoms with Crippen molar-refractivity contribution >= 4 is 29.0 Å². The molecule has 1 aromatic carbocycles. The van der Waals surface area contributed by atoms with Crippen molar-refractivity contribution in [1.82, 2.24) is 4.98 Å². The molecule has 22 heavy (non-hydrogen) atoms. The Kier molecular flexibility index (Phi) is 5.55. The number of nitrogens with zero attached hydrogens (tertiary/aromatic N) is 1. The van der Waals surface area contributed by atoms with Crippen molar-refractivity contribution in [3.05, 3.63) is 40.4 Å². The van der Waals surface area contributed by atoms with Crippen molar-refractivity contribution in [2.75, 3.05) is 19.0 Å². The zero-order valence-electron chi connectivity index (χ0n) is 12.8. The second kappa shape index (κ2) is 7.61. The third kappa shape index (κ3) is 4.33. The number of benzene rings is 1. The van der Waals surface area contributed by atoms with Crippen molar-refractivity contribution in [3.63, 3.8) is 0 Å². The van der Waals surface area contributed by atoms with Crippen molar-refractivity contribution in [3.8, 4) is 11.5 Å². The van der Waals surface area contributed by atoms with Crippen LogP contribution in [0.3, 0.4) is 0 Å². The van der Waals surface area contributed by atoms with Gasteiger partial charge in [-0.25, -0.2) is 4.98 Å². The quantitative estimate of drug-likeness (QED) is 0.828. The van der Waals surface area contributed by atoms with Crippen LogP contribution in [0.2, 0.25) is 0 Å². The number of thiazole rings is 1. The maximum Gasteiger partial charge on any atom is 0.248 e. The van der Waals surface area contributed by atoms with E-state index in [2.05, 4.69) is 10.3 Å². The fourth-order valence-electron chi connectivity index (χ4n) is 1.82. The number of ether oxygens (including phenoxy) is 2. The molecule has 116 valence electrons. The molecular formula is C16H18N2O3S. The van der Waals surface area contributed by atoms with Crippen LogP contribution in [0.25, 0.3) is 6.08 Å². The van der Waals surface area contributed by atoms with Gasteiger partial charge in [-0.3, -0.25) is 4.79 Å². The first-order chi connectivity index (χ1) is 10.6. The molecule has 5 nitrogen and oxygen atoms in total. The van der Waals surface area contributed by atoms with E-state index >= 15 is 0 Å². The zero-order chi connectivity index (χ0) is 15.9. The van der Waals surface area contributed by atoms with Crippen LogP contribution >= 0.6 is 11.3 Å². The molecule has 1 aromatic heterocycles. The Bertz CT molecular complexity index is 680. The lowest BCUT2D eigenvalue weighted by Gasteiger charge is -2.11. The van der Waals surface area contributed by atoms with Crippen LogP contribution in [-0.2, 0) is 4.79 Å². The third-order valence-corrected chi connectivity index (χ3v) is 3.56. The predicted molar refractivity (Wildman–Crippen MR) is 88.7 cm³/mol. The number of hydrogen-bond acceptors (Lipinski definition) is 5. The number of nitrogens with one attached hydrogen (secondary N) is 1. The van der Waals surface area contributed by atoms with E-state index in [1.54, 1.807) is 42.7 Å². The van der Waals surface area contributed by atoms with E-state index in [1.165, 1.54) is 6.08 Å². The summed E-state index contributed by atoms with van der Waals surface area (Å²) in [6, 6.07) is 5.27. The average Bonchev–Trinajstić information content (AvgIpc) is 2.92. The number of methoxy groups -OCH3 is 1. The van der Waals surface area contributed by atoms with Gasteiger partial charge in [0.05, 0.1) is 24.4 Å². The molecule has 0 unspecified atom stereocenters. The molecule has 1 amide bonds. The van der Waals surface area contributed by atoms with Crippen LogP contribution in [0.4, 0.5) is 5.69 Å². The van der Waals surface area contributed by atoms with Crippen LogP contribution in [0.5, 0.6) is 11.5 Å². The summed E-state index contributed by atoms with van der Waals surface area (Å²) in [5, 5.41) is 5.65. The number of carbonyl (C=O) groups is 1. The lowest BCUT2D eigenvalue weighted by Crippen LogP contribution is -2.08. The van der Waals surface area contributed by atoms with Crippen LogP contribution < -0.4 is 14.8 Å². The number of amides is 1. The summed E-state index contributed by atoms with van der Waals surface area (Å²) in [4.78, 5) is 16.2. The second-order valence-corrected chi connectivity index (χ2v) is 5.47. The Morgan fingerprint density at radius 3 is 2.86 bits per heavy atom. The maximum atomic E-state index is 11.9. The molecule has 6 heteroatoms. The number of anilines is 1. The summed E-state index contributed by atoms with van der Waals surface area (Å²) in [6.07, 6.45) is 3.14. The molecule has 0 fully saturated rings. The predicted octanol–water partition coefficient (Wildman–Crippen LogP) is 3.51. The van der Waals surface area contributed by atoms with E-state index in [9.17, 15) is 4.79 Å². The molecule has 0 spiro atoms. The van der Waals surface area contributed by atoms with Crippen molar-refractivity contribution in [1.29, 1.82) is 0 Å². The van der Waals surface area contributed by atoms with Gasteiger partial charge in [0.1, 0.15) is 0 Å². The molecule has 0 aliphatic heterocycles. The highest BCUT2D eigenvalue weighted by atomic mass is 32.1. The van der Waals surface area contributed by atoms with E-state index in [0.717, 1.165) is 10.7 Å². The van der Waals surface area contributed by atoms with Gasteiger partial charge in [0, 0.05) is 23.2 Å². The highest BCUT2D eigenvalue weighted by molar-refractivity contribution is 7.09. The van der Waals surface area contributed by atoms with Gasteiger partial charge in [-0.2, -0.15) is 0 Å². The lowest BCUT2D eigenvalue weighted by atomic mass is 10.2. The first-order valence-electron chi connectivity index (χ1n) is 6.84. The van der Waals surface area contributed by atoms with E-state index in [4.69, 9.17) is 9.47 Å². The molecule has 1 heterocycles. The molecule has 0 atom stereocenters. The van der Waals surface area contributed by atoms with Crippen LogP contribution in [0.1, 0.15) is 17.6 Å². The molecular weight excluding hydrogens is 300 g/mol. The van der Waals surface area contributed by atoms with Gasteiger partial charge in [0.25, 0.3) is 0 Å². The standard InChI is InChI=1S/C16H18N2O3S/c1-4-21-14-7-5-12(9-15(14)20-3)18-16(19)8-6-13-10-22-11(2)17-13/h5-10H,4H2,1-3H3,(H,18,19)/b8-6+. The minimum atomic E-state index is -0.225. The van der Waals surface area contributed by atoms with Gasteiger partial charge < -0.3 is 14.8 Å². The fraction of sp³-hybridized carbons (Fsp3) is 0.250. The van der Waals surface area contributed by atoms with E-state index in [-0.39, 0.29) is 5.91 Å². The monoisotopic (exact) mass is 318 g/mol. The van der Waals surface area contributed by atoms with E-state index < -0.39 is 0 Å². The summed E-state index contributed by atoms with van der Waals surface area (Å²) < 4.78 is 10.7. The van der Waals surface area contributed by atoms with Crippen molar-refractivity contribution < 1.29 is 14.3 Å². The van der Waals surface area contributed by atoms with Gasteiger partial charge in [0.2, 0.25) is 5.91 Å². The zero-order valence-corrected chi connectivity index (χ0v) is 13.6. The fourth-order valence-corrected chi connectivity index (χ4v) is 2.40. The topological polar surface area (TPSA) is 60.5 Å². The van der Waals surface area contributed by atoms with Gasteiger partial charge in [0.15, 0.2) is 11.5 Å². The maximum absolute atomic E-state index is 11.9. The lowest BCUT2D eigenvalue weighted by molar-refractivity contribution is -0.111. The van der Waals surface area contributed by atoms with Crippen molar-refractivity contribution in [2.45, 2.75) is 13.8 Å². The Morgan fingerprint density at radius 1 is 1.41 bits per heavy atom. The number of carbonyl (C=O) groups excluding carboxylic acids is 1. The Morgan fingerprint density at radius 2 is 2.23 bits per heavy atom. The van der Waals surface area contributed by atoms with Crippen LogP contribution in [0, 0.1) is 6.92 Å². The molecule has 0 saturated heterocycles. The number of rotatable bonds is 6. The van der Waals surface area contributed by atoms with Crippen LogP contribution in [-0.4, -0.2) is 24.6 Å². The Labute approximate surface area is 133 Å². The third-order valence-electron chi connectivity index (χ3n) is 2.77. The molecule has 0 aliphatic carbocycles. The smallest absolute Gasteiger partial charge is 0.248 e. The second-order valence-electron chi connectivity index (χ2n) is 4.41. The minimum absolute atomic E-state index is 0.225. The molecule has 2 aromatic rings. The Balaban J connectivity index is 2.03. The molecule has 0 radical (unpaired) electrons. The normalized spacial score (nSPS) is 10.7. The summed E-state index contributed by atoms with van der Waals surface area (Å²) in [6.45, 7) is 4.38. The van der Waals surface area contributed by atoms with Gasteiger partial charge in [-0.05, 0) is 32.1 Å². The van der Waals surface area contributed by atoms with E-state index in [1.807, 2.05) is 19.2 Å².